The van der Waals surface area contributed by atoms with Crippen molar-refractivity contribution < 1.29 is 0 Å². The number of nitrogens with two attached hydrogens (primary N) is 1. The molecule has 2 N–H and O–H groups in total. The smallest absolute Gasteiger partial charge is 0.200 e. The van der Waals surface area contributed by atoms with Gasteiger partial charge in [0.2, 0.25) is 5.95 Å². The summed E-state index contributed by atoms with van der Waals surface area (Å²) in [5.41, 5.74) is 5.67. The van der Waals surface area contributed by atoms with E-state index in [1.807, 2.05) is 22.4 Å². The largest absolute Gasteiger partial charge is 0.369 e. The van der Waals surface area contributed by atoms with Gasteiger partial charge in [0.25, 0.3) is 0 Å². The molecule has 6 nitrogen and oxygen atoms in total. The topological polar surface area (TPSA) is 74.6 Å². The number of rotatable bonds is 3. The van der Waals surface area contributed by atoms with Gasteiger partial charge < -0.3 is 14.9 Å². The van der Waals surface area contributed by atoms with Crippen LogP contribution in [0.1, 0.15) is 18.6 Å². The van der Waals surface area contributed by atoms with Gasteiger partial charge in [-0.25, -0.2) is 4.98 Å². The molecule has 0 bridgehead atoms. The van der Waals surface area contributed by atoms with Gasteiger partial charge in [-0.1, -0.05) is 6.92 Å². The van der Waals surface area contributed by atoms with E-state index in [0.29, 0.717) is 12.5 Å². The molecular weight excluding hydrogens is 192 g/mol. The van der Waals surface area contributed by atoms with Gasteiger partial charge in [-0.3, -0.25) is 0 Å². The van der Waals surface area contributed by atoms with E-state index >= 15 is 0 Å². The van der Waals surface area contributed by atoms with E-state index in [1.54, 1.807) is 6.20 Å². The Morgan fingerprint density at radius 3 is 2.60 bits per heavy atom. The van der Waals surface area contributed by atoms with E-state index in [4.69, 9.17) is 5.73 Å². The standard InChI is InChI=1S/C9H14N6/c1-3-7-12-13-8(14(7)2)6-15-5-4-11-9(15)10/h4-5H,3,6H2,1-2H3,(H2,10,11). The lowest BCUT2D eigenvalue weighted by Gasteiger charge is -2.04. The highest BCUT2D eigenvalue weighted by Gasteiger charge is 2.08. The maximum atomic E-state index is 5.67. The van der Waals surface area contributed by atoms with Crippen molar-refractivity contribution in [3.63, 3.8) is 0 Å². The minimum Gasteiger partial charge on any atom is -0.369 e. The fraction of sp³-hybridized carbons (Fsp3) is 0.444. The highest BCUT2D eigenvalue weighted by Crippen LogP contribution is 2.05. The Bertz CT molecular complexity index is 455. The second-order valence-corrected chi connectivity index (χ2v) is 3.36. The molecule has 0 amide bonds. The van der Waals surface area contributed by atoms with Crippen LogP contribution in [0.2, 0.25) is 0 Å². The predicted octanol–water partition coefficient (Wildman–Crippen LogP) is 0.204. The number of hydrogen-bond donors (Lipinski definition) is 1. The molecule has 0 saturated heterocycles. The number of anilines is 1. The SMILES string of the molecule is CCc1nnc(Cn2ccnc2N)n1C. The molecule has 0 atom stereocenters. The average Bonchev–Trinajstić information content (AvgIpc) is 2.77. The molecule has 0 aliphatic rings. The van der Waals surface area contributed by atoms with E-state index in [2.05, 4.69) is 22.1 Å². The van der Waals surface area contributed by atoms with Crippen LogP contribution in [0, 0.1) is 0 Å². The molecule has 2 aromatic heterocycles. The first-order valence-electron chi connectivity index (χ1n) is 4.86. The summed E-state index contributed by atoms with van der Waals surface area (Å²) in [6.45, 7) is 2.66. The van der Waals surface area contributed by atoms with Crippen LogP contribution in [-0.2, 0) is 20.0 Å². The van der Waals surface area contributed by atoms with E-state index < -0.39 is 0 Å². The number of aromatic nitrogens is 5. The van der Waals surface area contributed by atoms with Gasteiger partial charge in [0, 0.05) is 25.9 Å². The molecule has 0 aliphatic carbocycles. The van der Waals surface area contributed by atoms with Crippen molar-refractivity contribution in [1.29, 1.82) is 0 Å². The maximum absolute atomic E-state index is 5.67. The zero-order chi connectivity index (χ0) is 10.8. The summed E-state index contributed by atoms with van der Waals surface area (Å²) >= 11 is 0. The van der Waals surface area contributed by atoms with E-state index in [9.17, 15) is 0 Å². The Kier molecular flexibility index (Phi) is 2.40. The molecule has 0 saturated carbocycles. The molecule has 0 aromatic carbocycles. The number of hydrogen-bond acceptors (Lipinski definition) is 4. The Balaban J connectivity index is 2.25. The molecule has 0 aliphatic heterocycles. The predicted molar refractivity (Wildman–Crippen MR) is 56.1 cm³/mol. The first kappa shape index (κ1) is 9.70. The van der Waals surface area contributed by atoms with Crippen LogP contribution >= 0.6 is 0 Å². The van der Waals surface area contributed by atoms with Gasteiger partial charge in [0.15, 0.2) is 5.82 Å². The highest BCUT2D eigenvalue weighted by atomic mass is 15.3. The van der Waals surface area contributed by atoms with Crippen LogP contribution in [0.4, 0.5) is 5.95 Å². The van der Waals surface area contributed by atoms with Gasteiger partial charge in [-0.05, 0) is 0 Å². The number of imidazole rings is 1. The minimum absolute atomic E-state index is 0.496. The molecule has 2 rings (SSSR count). The first-order valence-corrected chi connectivity index (χ1v) is 4.86. The third-order valence-electron chi connectivity index (χ3n) is 2.43. The summed E-state index contributed by atoms with van der Waals surface area (Å²) < 4.78 is 3.82. The van der Waals surface area contributed by atoms with Crippen LogP contribution < -0.4 is 5.73 Å². The molecule has 2 heterocycles. The summed E-state index contributed by atoms with van der Waals surface area (Å²) in [6, 6.07) is 0. The average molecular weight is 206 g/mol. The molecule has 0 spiro atoms. The highest BCUT2D eigenvalue weighted by molar-refractivity contribution is 5.17. The molecule has 80 valence electrons. The molecule has 0 unspecified atom stereocenters. The molecular formula is C9H14N6. The van der Waals surface area contributed by atoms with Gasteiger partial charge >= 0.3 is 0 Å². The molecule has 0 radical (unpaired) electrons. The Morgan fingerprint density at radius 1 is 1.33 bits per heavy atom. The summed E-state index contributed by atoms with van der Waals surface area (Å²) in [6.07, 6.45) is 4.38. The molecule has 0 fully saturated rings. The Hall–Kier alpha value is -1.85. The second-order valence-electron chi connectivity index (χ2n) is 3.36. The monoisotopic (exact) mass is 206 g/mol. The molecule has 6 heteroatoms. The van der Waals surface area contributed by atoms with Crippen LogP contribution in [-0.4, -0.2) is 24.3 Å². The minimum atomic E-state index is 0.496. The second kappa shape index (κ2) is 3.72. The Morgan fingerprint density at radius 2 is 2.07 bits per heavy atom. The van der Waals surface area contributed by atoms with Gasteiger partial charge in [0.05, 0.1) is 6.54 Å². The van der Waals surface area contributed by atoms with Crippen LogP contribution in [0.3, 0.4) is 0 Å². The van der Waals surface area contributed by atoms with E-state index in [0.717, 1.165) is 18.1 Å². The summed E-state index contributed by atoms with van der Waals surface area (Å²) in [5, 5.41) is 8.19. The molecule has 15 heavy (non-hydrogen) atoms. The van der Waals surface area contributed by atoms with Gasteiger partial charge in [-0.2, -0.15) is 0 Å². The van der Waals surface area contributed by atoms with Crippen molar-refractivity contribution in [3.8, 4) is 0 Å². The number of nitrogen functional groups attached to an aromatic ring is 1. The lowest BCUT2D eigenvalue weighted by Crippen LogP contribution is -2.09. The van der Waals surface area contributed by atoms with Crippen molar-refractivity contribution in [1.82, 2.24) is 24.3 Å². The van der Waals surface area contributed by atoms with Crippen molar-refractivity contribution in [2.45, 2.75) is 19.9 Å². The molecule has 2 aromatic rings. The van der Waals surface area contributed by atoms with Crippen molar-refractivity contribution in [3.05, 3.63) is 24.0 Å². The normalized spacial score (nSPS) is 10.8. The van der Waals surface area contributed by atoms with E-state index in [-0.39, 0.29) is 0 Å². The quantitative estimate of drug-likeness (QED) is 0.778. The Labute approximate surface area is 87.8 Å². The summed E-state index contributed by atoms with van der Waals surface area (Å²) in [5.74, 6) is 2.36. The maximum Gasteiger partial charge on any atom is 0.200 e. The third kappa shape index (κ3) is 1.70. The fourth-order valence-corrected chi connectivity index (χ4v) is 1.47. The van der Waals surface area contributed by atoms with Crippen LogP contribution in [0.15, 0.2) is 12.4 Å². The van der Waals surface area contributed by atoms with Crippen LogP contribution in [0.5, 0.6) is 0 Å². The summed E-state index contributed by atoms with van der Waals surface area (Å²) in [7, 11) is 1.96. The van der Waals surface area contributed by atoms with E-state index in [1.165, 1.54) is 0 Å². The summed E-state index contributed by atoms with van der Waals surface area (Å²) in [4.78, 5) is 3.95. The van der Waals surface area contributed by atoms with Crippen LogP contribution in [0.25, 0.3) is 0 Å². The van der Waals surface area contributed by atoms with Crippen molar-refractivity contribution in [2.75, 3.05) is 5.73 Å². The fourth-order valence-electron chi connectivity index (χ4n) is 1.47. The zero-order valence-corrected chi connectivity index (χ0v) is 8.88. The number of aryl methyl sites for hydroxylation is 1. The first-order chi connectivity index (χ1) is 7.22. The van der Waals surface area contributed by atoms with Gasteiger partial charge in [0.1, 0.15) is 5.82 Å². The van der Waals surface area contributed by atoms with Gasteiger partial charge in [-0.15, -0.1) is 10.2 Å². The lowest BCUT2D eigenvalue weighted by molar-refractivity contribution is 0.690. The van der Waals surface area contributed by atoms with Crippen molar-refractivity contribution in [2.24, 2.45) is 7.05 Å². The lowest BCUT2D eigenvalue weighted by atomic mass is 10.4. The van der Waals surface area contributed by atoms with Crippen molar-refractivity contribution >= 4 is 5.95 Å². The number of nitrogens with zero attached hydrogens (tertiary/aromatic N) is 5. The zero-order valence-electron chi connectivity index (χ0n) is 8.88. The third-order valence-corrected chi connectivity index (χ3v) is 2.43.